The standard InChI is InChI=1S/C26H37ClN2O/c1-5-6-7-8-9-16-29(19-23-12-10-22(11-13-23)17-20(2)3)26(30)28-25-15-14-24(27)18-21(25)4/h10-15,18,20H,5-9,16-17,19H2,1-4H3,(H,28,30). The normalized spacial score (nSPS) is 11.0. The summed E-state index contributed by atoms with van der Waals surface area (Å²) in [5.41, 5.74) is 4.30. The lowest BCUT2D eigenvalue weighted by molar-refractivity contribution is 0.207. The minimum absolute atomic E-state index is 0.0535. The lowest BCUT2D eigenvalue weighted by Gasteiger charge is -2.24. The van der Waals surface area contributed by atoms with Crippen LogP contribution in [0.3, 0.4) is 0 Å². The van der Waals surface area contributed by atoms with Crippen LogP contribution in [0, 0.1) is 12.8 Å². The van der Waals surface area contributed by atoms with Gasteiger partial charge in [-0.05, 0) is 60.6 Å². The molecule has 0 spiro atoms. The molecular formula is C26H37ClN2O. The molecule has 1 N–H and O–H groups in total. The van der Waals surface area contributed by atoms with Gasteiger partial charge in [0.1, 0.15) is 0 Å². The summed E-state index contributed by atoms with van der Waals surface area (Å²) in [4.78, 5) is 15.0. The van der Waals surface area contributed by atoms with E-state index in [-0.39, 0.29) is 6.03 Å². The summed E-state index contributed by atoms with van der Waals surface area (Å²) in [5.74, 6) is 0.642. The van der Waals surface area contributed by atoms with Gasteiger partial charge in [0, 0.05) is 23.8 Å². The van der Waals surface area contributed by atoms with Gasteiger partial charge >= 0.3 is 6.03 Å². The predicted molar refractivity (Wildman–Crippen MR) is 129 cm³/mol. The minimum atomic E-state index is -0.0535. The van der Waals surface area contributed by atoms with E-state index in [4.69, 9.17) is 11.6 Å². The monoisotopic (exact) mass is 428 g/mol. The van der Waals surface area contributed by atoms with Gasteiger partial charge in [0.25, 0.3) is 0 Å². The maximum absolute atomic E-state index is 13.1. The molecule has 30 heavy (non-hydrogen) atoms. The van der Waals surface area contributed by atoms with Crippen LogP contribution in [0.15, 0.2) is 42.5 Å². The number of hydrogen-bond acceptors (Lipinski definition) is 1. The Hall–Kier alpha value is -2.00. The number of aryl methyl sites for hydroxylation is 1. The average molecular weight is 429 g/mol. The van der Waals surface area contributed by atoms with Crippen LogP contribution in [0.1, 0.15) is 69.6 Å². The van der Waals surface area contributed by atoms with E-state index in [1.165, 1.54) is 30.4 Å². The quantitative estimate of drug-likeness (QED) is 0.363. The third-order valence-corrected chi connectivity index (χ3v) is 5.52. The molecule has 0 unspecified atom stereocenters. The maximum Gasteiger partial charge on any atom is 0.322 e. The molecule has 0 saturated carbocycles. The molecule has 0 heterocycles. The van der Waals surface area contributed by atoms with Gasteiger partial charge in [-0.1, -0.05) is 82.3 Å². The number of unbranched alkanes of at least 4 members (excludes halogenated alkanes) is 4. The number of carbonyl (C=O) groups excluding carboxylic acids is 1. The van der Waals surface area contributed by atoms with Crippen LogP contribution >= 0.6 is 11.6 Å². The summed E-state index contributed by atoms with van der Waals surface area (Å²) in [7, 11) is 0. The Morgan fingerprint density at radius 2 is 1.67 bits per heavy atom. The van der Waals surface area contributed by atoms with Crippen molar-refractivity contribution in [2.75, 3.05) is 11.9 Å². The van der Waals surface area contributed by atoms with Crippen LogP contribution in [-0.4, -0.2) is 17.5 Å². The van der Waals surface area contributed by atoms with Crippen molar-refractivity contribution in [2.24, 2.45) is 5.92 Å². The van der Waals surface area contributed by atoms with E-state index in [0.29, 0.717) is 17.5 Å². The molecule has 0 aliphatic rings. The number of anilines is 1. The number of halogens is 1. The molecule has 0 aromatic heterocycles. The lowest BCUT2D eigenvalue weighted by Crippen LogP contribution is -2.35. The Morgan fingerprint density at radius 1 is 1.00 bits per heavy atom. The van der Waals surface area contributed by atoms with E-state index in [9.17, 15) is 4.79 Å². The van der Waals surface area contributed by atoms with Crippen LogP contribution in [0.5, 0.6) is 0 Å². The third-order valence-electron chi connectivity index (χ3n) is 5.29. The van der Waals surface area contributed by atoms with Crippen molar-refractivity contribution in [3.63, 3.8) is 0 Å². The number of urea groups is 1. The molecule has 164 valence electrons. The van der Waals surface area contributed by atoms with Crippen molar-refractivity contribution < 1.29 is 4.79 Å². The fourth-order valence-corrected chi connectivity index (χ4v) is 3.82. The number of benzene rings is 2. The summed E-state index contributed by atoms with van der Waals surface area (Å²) in [6.45, 7) is 10.0. The van der Waals surface area contributed by atoms with E-state index >= 15 is 0 Å². The summed E-state index contributed by atoms with van der Waals surface area (Å²) in [6, 6.07) is 14.2. The molecule has 2 rings (SSSR count). The van der Waals surface area contributed by atoms with E-state index in [1.807, 2.05) is 30.0 Å². The third kappa shape index (κ3) is 8.39. The second kappa shape index (κ2) is 12.6. The molecule has 2 aromatic rings. The first-order valence-corrected chi connectivity index (χ1v) is 11.7. The van der Waals surface area contributed by atoms with Crippen LogP contribution in [0.4, 0.5) is 10.5 Å². The SMILES string of the molecule is CCCCCCCN(Cc1ccc(CC(C)C)cc1)C(=O)Nc1ccc(Cl)cc1C. The van der Waals surface area contributed by atoms with Gasteiger partial charge in [-0.3, -0.25) is 0 Å². The van der Waals surface area contributed by atoms with Gasteiger partial charge in [0.15, 0.2) is 0 Å². The zero-order chi connectivity index (χ0) is 21.9. The van der Waals surface area contributed by atoms with Crippen molar-refractivity contribution in [1.82, 2.24) is 4.90 Å². The molecule has 0 aliphatic heterocycles. The Balaban J connectivity index is 2.05. The van der Waals surface area contributed by atoms with E-state index < -0.39 is 0 Å². The Kier molecular flexibility index (Phi) is 10.2. The van der Waals surface area contributed by atoms with Gasteiger partial charge in [0.2, 0.25) is 0 Å². The van der Waals surface area contributed by atoms with Crippen molar-refractivity contribution in [3.05, 3.63) is 64.2 Å². The van der Waals surface area contributed by atoms with E-state index in [1.54, 1.807) is 0 Å². The first-order chi connectivity index (χ1) is 14.4. The molecule has 0 aliphatic carbocycles. The second-order valence-electron chi connectivity index (χ2n) is 8.64. The van der Waals surface area contributed by atoms with Crippen molar-refractivity contribution >= 4 is 23.3 Å². The molecule has 0 radical (unpaired) electrons. The smallest absolute Gasteiger partial charge is 0.320 e. The number of amides is 2. The topological polar surface area (TPSA) is 32.3 Å². The first-order valence-electron chi connectivity index (χ1n) is 11.3. The predicted octanol–water partition coefficient (Wildman–Crippen LogP) is 7.85. The lowest BCUT2D eigenvalue weighted by atomic mass is 10.0. The number of carbonyl (C=O) groups is 1. The molecule has 2 amide bonds. The fourth-order valence-electron chi connectivity index (χ4n) is 3.59. The number of nitrogens with zero attached hydrogens (tertiary/aromatic N) is 1. The molecule has 0 atom stereocenters. The van der Waals surface area contributed by atoms with Gasteiger partial charge in [0.05, 0.1) is 0 Å². The Labute approximate surface area is 187 Å². The second-order valence-corrected chi connectivity index (χ2v) is 9.08. The zero-order valence-corrected chi connectivity index (χ0v) is 19.8. The Bertz CT molecular complexity index is 786. The molecule has 2 aromatic carbocycles. The summed E-state index contributed by atoms with van der Waals surface area (Å²) in [6.07, 6.45) is 6.98. The first kappa shape index (κ1) is 24.3. The summed E-state index contributed by atoms with van der Waals surface area (Å²) in [5, 5.41) is 3.76. The highest BCUT2D eigenvalue weighted by Crippen LogP contribution is 2.21. The summed E-state index contributed by atoms with van der Waals surface area (Å²) >= 11 is 6.05. The number of rotatable bonds is 11. The van der Waals surface area contributed by atoms with Crippen molar-refractivity contribution in [3.8, 4) is 0 Å². The highest BCUT2D eigenvalue weighted by molar-refractivity contribution is 6.30. The molecule has 3 nitrogen and oxygen atoms in total. The number of hydrogen-bond donors (Lipinski definition) is 1. The van der Waals surface area contributed by atoms with Crippen LogP contribution in [0.25, 0.3) is 0 Å². The average Bonchev–Trinajstić information content (AvgIpc) is 2.70. The van der Waals surface area contributed by atoms with Gasteiger partial charge in [-0.15, -0.1) is 0 Å². The molecule has 0 bridgehead atoms. The van der Waals surface area contributed by atoms with Crippen molar-refractivity contribution in [2.45, 2.75) is 72.8 Å². The number of nitrogens with one attached hydrogen (secondary N) is 1. The van der Waals surface area contributed by atoms with Crippen LogP contribution in [-0.2, 0) is 13.0 Å². The summed E-state index contributed by atoms with van der Waals surface area (Å²) < 4.78 is 0. The maximum atomic E-state index is 13.1. The van der Waals surface area contributed by atoms with Gasteiger partial charge < -0.3 is 10.2 Å². The van der Waals surface area contributed by atoms with E-state index in [2.05, 4.69) is 50.4 Å². The fraction of sp³-hybridized carbons (Fsp3) is 0.500. The molecule has 0 fully saturated rings. The van der Waals surface area contributed by atoms with Gasteiger partial charge in [-0.25, -0.2) is 4.79 Å². The van der Waals surface area contributed by atoms with Gasteiger partial charge in [-0.2, -0.15) is 0 Å². The Morgan fingerprint density at radius 3 is 2.30 bits per heavy atom. The molecule has 0 saturated heterocycles. The molecular weight excluding hydrogens is 392 g/mol. The minimum Gasteiger partial charge on any atom is -0.320 e. The van der Waals surface area contributed by atoms with E-state index in [0.717, 1.165) is 37.1 Å². The largest absolute Gasteiger partial charge is 0.322 e. The highest BCUT2D eigenvalue weighted by Gasteiger charge is 2.15. The zero-order valence-electron chi connectivity index (χ0n) is 19.0. The van der Waals surface area contributed by atoms with Crippen LogP contribution in [0.2, 0.25) is 5.02 Å². The van der Waals surface area contributed by atoms with Crippen LogP contribution < -0.4 is 5.32 Å². The van der Waals surface area contributed by atoms with Crippen molar-refractivity contribution in [1.29, 1.82) is 0 Å². The molecule has 4 heteroatoms. The highest BCUT2D eigenvalue weighted by atomic mass is 35.5.